The van der Waals surface area contributed by atoms with Crippen LogP contribution in [0, 0.1) is 12.1 Å². The molecule has 0 fully saturated rings. The molecule has 0 unspecified atom stereocenters. The fourth-order valence-electron chi connectivity index (χ4n) is 1.85. The zero-order valence-corrected chi connectivity index (χ0v) is 16.5. The summed E-state index contributed by atoms with van der Waals surface area (Å²) in [7, 11) is 0. The van der Waals surface area contributed by atoms with E-state index in [0.29, 0.717) is 0 Å². The van der Waals surface area contributed by atoms with E-state index in [-0.39, 0.29) is 26.2 Å². The molecule has 0 bridgehead atoms. The smallest absolute Gasteiger partial charge is 0.324 e. The van der Waals surface area contributed by atoms with Crippen molar-refractivity contribution in [3.8, 4) is 0 Å². The van der Waals surface area contributed by atoms with Crippen molar-refractivity contribution in [2.75, 3.05) is 0 Å². The molecule has 3 aromatic rings. The molecule has 0 spiro atoms. The fraction of sp³-hybridized carbons (Fsp3) is 0.182. The minimum atomic E-state index is 0. The molecule has 0 radical (unpaired) electrons. The topological polar surface area (TPSA) is 0 Å². The van der Waals surface area contributed by atoms with Gasteiger partial charge >= 0.3 is 26.2 Å². The molecule has 0 saturated heterocycles. The minimum Gasteiger partial charge on any atom is -0.324 e. The fourth-order valence-corrected chi connectivity index (χ4v) is 1.85. The third kappa shape index (κ3) is 10.8. The van der Waals surface area contributed by atoms with Crippen molar-refractivity contribution in [1.82, 2.24) is 0 Å². The second kappa shape index (κ2) is 15.4. The maximum absolute atomic E-state index is 3.33. The van der Waals surface area contributed by atoms with E-state index in [0.717, 1.165) is 12.8 Å². The van der Waals surface area contributed by atoms with Gasteiger partial charge in [-0.2, -0.15) is 48.5 Å². The maximum Gasteiger partial charge on any atom is 2.00 e. The molecule has 0 N–H and O–H groups in total. The van der Waals surface area contributed by atoms with Gasteiger partial charge in [0.15, 0.2) is 0 Å². The summed E-state index contributed by atoms with van der Waals surface area (Å²) in [6.45, 7) is 4.26. The van der Waals surface area contributed by atoms with Crippen molar-refractivity contribution in [1.29, 1.82) is 0 Å². The number of hydrogen-bond acceptors (Lipinski definition) is 0. The molecule has 0 aliphatic rings. The second-order valence-electron chi connectivity index (χ2n) is 4.56. The van der Waals surface area contributed by atoms with Gasteiger partial charge in [0.1, 0.15) is 0 Å². The van der Waals surface area contributed by atoms with E-state index in [4.69, 9.17) is 0 Å². The van der Waals surface area contributed by atoms with Crippen molar-refractivity contribution >= 4 is 5.57 Å². The standard InChI is InChI=1S/C12H14.2C5H5.Zr/c1-3-8-11(4-2)12-9-6-5-7-10-12;2*1-2-4-5-3-1;/h5-7,9H,3-4H2,1-2H3;2*1-5H;/q-2;2*-1;+2. The van der Waals surface area contributed by atoms with Crippen LogP contribution in [-0.2, 0) is 26.2 Å². The monoisotopic (exact) mass is 378 g/mol. The van der Waals surface area contributed by atoms with E-state index in [2.05, 4.69) is 32.1 Å². The molecule has 0 nitrogen and oxygen atoms in total. The van der Waals surface area contributed by atoms with Crippen molar-refractivity contribution < 1.29 is 26.2 Å². The van der Waals surface area contributed by atoms with E-state index in [9.17, 15) is 0 Å². The summed E-state index contributed by atoms with van der Waals surface area (Å²) in [4.78, 5) is 0. The van der Waals surface area contributed by atoms with Crippen LogP contribution in [0.15, 0.2) is 84.9 Å². The van der Waals surface area contributed by atoms with Crippen LogP contribution >= 0.6 is 0 Å². The molecule has 0 aromatic heterocycles. The number of hydrogen-bond donors (Lipinski definition) is 0. The molecule has 3 rings (SSSR count). The Labute approximate surface area is 160 Å². The largest absolute Gasteiger partial charge is 2.00 e. The summed E-state index contributed by atoms with van der Waals surface area (Å²) in [5.74, 6) is 0. The van der Waals surface area contributed by atoms with Crippen LogP contribution in [-0.4, -0.2) is 0 Å². The predicted molar refractivity (Wildman–Crippen MR) is 96.6 cm³/mol. The van der Waals surface area contributed by atoms with Gasteiger partial charge in [-0.3, -0.25) is 5.57 Å². The molecular formula is C22H24Zr-2. The first kappa shape index (κ1) is 21.5. The molecule has 0 heterocycles. The SMILES string of the molecule is CC[C-]=C(CC)c1[c-]cccc1.[Zr+2].c1cc[cH-]c1.c1cc[cH-]c1. The third-order valence-corrected chi connectivity index (χ3v) is 2.89. The summed E-state index contributed by atoms with van der Waals surface area (Å²) in [6, 6.07) is 31.3. The average Bonchev–Trinajstić information content (AvgIpc) is 3.32. The molecular weight excluding hydrogens is 355 g/mol. The average molecular weight is 380 g/mol. The molecule has 23 heavy (non-hydrogen) atoms. The molecule has 0 aliphatic carbocycles. The van der Waals surface area contributed by atoms with Gasteiger partial charge in [-0.1, -0.05) is 20.3 Å². The summed E-state index contributed by atoms with van der Waals surface area (Å²) in [6.07, 6.45) is 5.35. The Balaban J connectivity index is 0.000000362. The molecule has 1 heteroatoms. The van der Waals surface area contributed by atoms with Gasteiger partial charge in [0.25, 0.3) is 0 Å². The van der Waals surface area contributed by atoms with Crippen LogP contribution in [0.4, 0.5) is 0 Å². The quantitative estimate of drug-likeness (QED) is 0.468. The van der Waals surface area contributed by atoms with Crippen LogP contribution in [0.3, 0.4) is 0 Å². The predicted octanol–water partition coefficient (Wildman–Crippen LogP) is 6.30. The summed E-state index contributed by atoms with van der Waals surface area (Å²) < 4.78 is 0. The number of rotatable bonds is 3. The van der Waals surface area contributed by atoms with Crippen molar-refractivity contribution in [3.63, 3.8) is 0 Å². The Morgan fingerprint density at radius 1 is 0.913 bits per heavy atom. The maximum atomic E-state index is 3.33. The Bertz CT molecular complexity index is 499. The minimum absolute atomic E-state index is 0. The molecule has 0 amide bonds. The van der Waals surface area contributed by atoms with Crippen molar-refractivity contribution in [3.05, 3.63) is 103 Å². The van der Waals surface area contributed by atoms with Gasteiger partial charge in [0, 0.05) is 0 Å². The van der Waals surface area contributed by atoms with Crippen LogP contribution in [0.5, 0.6) is 0 Å². The van der Waals surface area contributed by atoms with E-state index >= 15 is 0 Å². The van der Waals surface area contributed by atoms with Gasteiger partial charge in [0.2, 0.25) is 0 Å². The Kier molecular flexibility index (Phi) is 14.5. The first-order valence-electron chi connectivity index (χ1n) is 7.78. The molecule has 3 aromatic carbocycles. The van der Waals surface area contributed by atoms with Crippen molar-refractivity contribution in [2.45, 2.75) is 26.7 Å². The van der Waals surface area contributed by atoms with Gasteiger partial charge in [0.05, 0.1) is 0 Å². The molecule has 0 saturated carbocycles. The third-order valence-electron chi connectivity index (χ3n) is 2.89. The molecule has 0 aliphatic heterocycles. The van der Waals surface area contributed by atoms with Gasteiger partial charge in [-0.15, -0.1) is 12.5 Å². The van der Waals surface area contributed by atoms with Crippen LogP contribution in [0.2, 0.25) is 0 Å². The first-order chi connectivity index (χ1) is 10.9. The zero-order chi connectivity index (χ0) is 15.9. The molecule has 0 atom stereocenters. The first-order valence-corrected chi connectivity index (χ1v) is 7.78. The van der Waals surface area contributed by atoms with Gasteiger partial charge < -0.3 is 11.6 Å². The second-order valence-corrected chi connectivity index (χ2v) is 4.56. The summed E-state index contributed by atoms with van der Waals surface area (Å²) >= 11 is 0. The van der Waals surface area contributed by atoms with E-state index in [1.807, 2.05) is 78.9 Å². The van der Waals surface area contributed by atoms with E-state index in [1.54, 1.807) is 0 Å². The number of benzene rings is 1. The van der Waals surface area contributed by atoms with Crippen LogP contribution in [0.25, 0.3) is 5.57 Å². The zero-order valence-electron chi connectivity index (χ0n) is 14.0. The van der Waals surface area contributed by atoms with Gasteiger partial charge in [-0.05, 0) is 0 Å². The summed E-state index contributed by atoms with van der Waals surface area (Å²) in [5, 5.41) is 0. The van der Waals surface area contributed by atoms with Crippen molar-refractivity contribution in [2.24, 2.45) is 0 Å². The molecule has 118 valence electrons. The Hall–Kier alpha value is -1.46. The van der Waals surface area contributed by atoms with E-state index in [1.165, 1.54) is 11.1 Å². The normalized spacial score (nSPS) is 9.57. The van der Waals surface area contributed by atoms with Crippen LogP contribution in [0.1, 0.15) is 32.3 Å². The Morgan fingerprint density at radius 2 is 1.48 bits per heavy atom. The van der Waals surface area contributed by atoms with Gasteiger partial charge in [-0.25, -0.2) is 36.4 Å². The number of allylic oxidation sites excluding steroid dienone is 2. The Morgan fingerprint density at radius 3 is 1.78 bits per heavy atom. The van der Waals surface area contributed by atoms with Crippen LogP contribution < -0.4 is 0 Å². The van der Waals surface area contributed by atoms with E-state index < -0.39 is 0 Å². The summed E-state index contributed by atoms with van der Waals surface area (Å²) in [5.41, 5.74) is 2.46.